The van der Waals surface area contributed by atoms with Crippen LogP contribution in [0, 0.1) is 0 Å². The molecule has 0 spiro atoms. The van der Waals surface area contributed by atoms with Gasteiger partial charge in [-0.05, 0) is 18.6 Å². The maximum Gasteiger partial charge on any atom is 0.322 e. The van der Waals surface area contributed by atoms with Crippen molar-refractivity contribution in [3.8, 4) is 0 Å². The van der Waals surface area contributed by atoms with Crippen LogP contribution in [0.15, 0.2) is 30.3 Å². The molecule has 0 bridgehead atoms. The topological polar surface area (TPSA) is 61.4 Å². The van der Waals surface area contributed by atoms with E-state index in [0.29, 0.717) is 12.2 Å². The minimum atomic E-state index is -0.298. The number of urea groups is 1. The Labute approximate surface area is 107 Å². The fraction of sp³-hybridized carbons (Fsp3) is 0.385. The van der Waals surface area contributed by atoms with Crippen molar-refractivity contribution >= 4 is 17.6 Å². The number of likely N-dealkylation sites (N-methyl/N-ethyl adjacent to an activating group) is 1. The van der Waals surface area contributed by atoms with Gasteiger partial charge in [-0.3, -0.25) is 4.79 Å². The second kappa shape index (κ2) is 7.32. The van der Waals surface area contributed by atoms with Crippen LogP contribution >= 0.6 is 0 Å². The zero-order valence-corrected chi connectivity index (χ0v) is 10.8. The van der Waals surface area contributed by atoms with Crippen LogP contribution in [0.2, 0.25) is 0 Å². The number of rotatable bonds is 5. The summed E-state index contributed by atoms with van der Waals surface area (Å²) in [4.78, 5) is 24.5. The van der Waals surface area contributed by atoms with Crippen LogP contribution in [0.4, 0.5) is 10.5 Å². The molecular formula is C13H19N3O2. The maximum absolute atomic E-state index is 11.8. The van der Waals surface area contributed by atoms with E-state index in [2.05, 4.69) is 10.6 Å². The molecule has 1 aromatic carbocycles. The Morgan fingerprint density at radius 2 is 1.89 bits per heavy atom. The molecule has 0 saturated heterocycles. The smallest absolute Gasteiger partial charge is 0.322 e. The van der Waals surface area contributed by atoms with Crippen LogP contribution < -0.4 is 10.6 Å². The lowest BCUT2D eigenvalue weighted by Gasteiger charge is -2.17. The number of carbonyl (C=O) groups excluding carboxylic acids is 2. The van der Waals surface area contributed by atoms with Crippen LogP contribution in [0.1, 0.15) is 13.3 Å². The van der Waals surface area contributed by atoms with Crippen molar-refractivity contribution in [1.82, 2.24) is 10.2 Å². The summed E-state index contributed by atoms with van der Waals surface area (Å²) in [6, 6.07) is 8.84. The predicted octanol–water partition coefficient (Wildman–Crippen LogP) is 1.68. The molecule has 0 fully saturated rings. The molecule has 5 heteroatoms. The molecule has 0 aliphatic heterocycles. The van der Waals surface area contributed by atoms with Crippen molar-refractivity contribution in [2.45, 2.75) is 13.3 Å². The molecule has 0 unspecified atom stereocenters. The Morgan fingerprint density at radius 1 is 1.22 bits per heavy atom. The Bertz CT molecular complexity index is 392. The second-order valence-corrected chi connectivity index (χ2v) is 4.00. The van der Waals surface area contributed by atoms with Gasteiger partial charge in [0.15, 0.2) is 0 Å². The number of carbonyl (C=O) groups is 2. The Hall–Kier alpha value is -2.04. The summed E-state index contributed by atoms with van der Waals surface area (Å²) in [5.74, 6) is -0.150. The van der Waals surface area contributed by atoms with Gasteiger partial charge in [0.25, 0.3) is 0 Å². The predicted molar refractivity (Wildman–Crippen MR) is 71.4 cm³/mol. The summed E-state index contributed by atoms with van der Waals surface area (Å²) >= 11 is 0. The molecule has 2 N–H and O–H groups in total. The fourth-order valence-corrected chi connectivity index (χ4v) is 1.35. The molecule has 1 rings (SSSR count). The molecule has 0 aliphatic rings. The number of hydrogen-bond acceptors (Lipinski definition) is 2. The van der Waals surface area contributed by atoms with Gasteiger partial charge in [0.2, 0.25) is 5.91 Å². The largest absolute Gasteiger partial charge is 0.355 e. The first-order chi connectivity index (χ1) is 8.63. The number of anilines is 1. The zero-order chi connectivity index (χ0) is 13.4. The van der Waals surface area contributed by atoms with Crippen molar-refractivity contribution in [1.29, 1.82) is 0 Å². The van der Waals surface area contributed by atoms with E-state index < -0.39 is 0 Å². The molecule has 0 aromatic heterocycles. The molecule has 18 heavy (non-hydrogen) atoms. The third kappa shape index (κ3) is 4.86. The third-order valence-electron chi connectivity index (χ3n) is 2.32. The van der Waals surface area contributed by atoms with Crippen molar-refractivity contribution in [2.24, 2.45) is 0 Å². The van der Waals surface area contributed by atoms with Crippen molar-refractivity contribution in [3.05, 3.63) is 30.3 Å². The minimum Gasteiger partial charge on any atom is -0.355 e. The number of hydrogen-bond donors (Lipinski definition) is 2. The van der Waals surface area contributed by atoms with Crippen LogP contribution in [-0.4, -0.2) is 37.0 Å². The lowest BCUT2D eigenvalue weighted by molar-refractivity contribution is -0.121. The van der Waals surface area contributed by atoms with Gasteiger partial charge in [0, 0.05) is 19.3 Å². The van der Waals surface area contributed by atoms with E-state index in [4.69, 9.17) is 0 Å². The van der Waals surface area contributed by atoms with E-state index in [1.54, 1.807) is 19.2 Å². The van der Waals surface area contributed by atoms with Gasteiger partial charge in [-0.15, -0.1) is 0 Å². The number of amides is 3. The molecule has 0 radical (unpaired) electrons. The van der Waals surface area contributed by atoms with Crippen LogP contribution in [0.25, 0.3) is 0 Å². The van der Waals surface area contributed by atoms with E-state index in [9.17, 15) is 9.59 Å². The summed E-state index contributed by atoms with van der Waals surface area (Å²) in [7, 11) is 1.59. The Morgan fingerprint density at radius 3 is 2.50 bits per heavy atom. The lowest BCUT2D eigenvalue weighted by Crippen LogP contribution is -2.40. The van der Waals surface area contributed by atoms with Gasteiger partial charge in [-0.1, -0.05) is 25.1 Å². The summed E-state index contributed by atoms with van der Waals surface area (Å²) in [6.45, 7) is 2.66. The normalized spacial score (nSPS) is 9.67. The zero-order valence-electron chi connectivity index (χ0n) is 10.8. The highest BCUT2D eigenvalue weighted by molar-refractivity contribution is 5.92. The summed E-state index contributed by atoms with van der Waals surface area (Å²) in [5, 5.41) is 5.43. The molecule has 3 amide bonds. The third-order valence-corrected chi connectivity index (χ3v) is 2.32. The summed E-state index contributed by atoms with van der Waals surface area (Å²) in [6.07, 6.45) is 0.881. The van der Waals surface area contributed by atoms with Gasteiger partial charge in [-0.25, -0.2) is 4.79 Å². The standard InChI is InChI=1S/C13H19N3O2/c1-3-9-14-12(17)10-16(2)13(18)15-11-7-5-4-6-8-11/h4-8H,3,9-10H2,1-2H3,(H,14,17)(H,15,18). The minimum absolute atomic E-state index is 0.0542. The first-order valence-electron chi connectivity index (χ1n) is 5.97. The van der Waals surface area contributed by atoms with Gasteiger partial charge >= 0.3 is 6.03 Å². The second-order valence-electron chi connectivity index (χ2n) is 4.00. The SMILES string of the molecule is CCCNC(=O)CN(C)C(=O)Nc1ccccc1. The van der Waals surface area contributed by atoms with E-state index >= 15 is 0 Å². The van der Waals surface area contributed by atoms with Gasteiger partial charge in [0.1, 0.15) is 6.54 Å². The van der Waals surface area contributed by atoms with Gasteiger partial charge in [-0.2, -0.15) is 0 Å². The Kier molecular flexibility index (Phi) is 5.70. The number of nitrogens with one attached hydrogen (secondary N) is 2. The molecule has 5 nitrogen and oxygen atoms in total. The summed E-state index contributed by atoms with van der Waals surface area (Å²) < 4.78 is 0. The van der Waals surface area contributed by atoms with E-state index in [0.717, 1.165) is 6.42 Å². The van der Waals surface area contributed by atoms with E-state index in [1.165, 1.54) is 4.90 Å². The number of benzene rings is 1. The van der Waals surface area contributed by atoms with Gasteiger partial charge in [0.05, 0.1) is 0 Å². The van der Waals surface area contributed by atoms with E-state index in [-0.39, 0.29) is 18.5 Å². The molecule has 0 saturated carbocycles. The van der Waals surface area contributed by atoms with Crippen molar-refractivity contribution < 1.29 is 9.59 Å². The average molecular weight is 249 g/mol. The highest BCUT2D eigenvalue weighted by Gasteiger charge is 2.12. The monoisotopic (exact) mass is 249 g/mol. The quantitative estimate of drug-likeness (QED) is 0.834. The molecule has 0 aliphatic carbocycles. The molecular weight excluding hydrogens is 230 g/mol. The molecule has 0 heterocycles. The summed E-state index contributed by atoms with van der Waals surface area (Å²) in [5.41, 5.74) is 0.711. The fourth-order valence-electron chi connectivity index (χ4n) is 1.35. The van der Waals surface area contributed by atoms with E-state index in [1.807, 2.05) is 25.1 Å². The first kappa shape index (κ1) is 14.0. The van der Waals surface area contributed by atoms with Gasteiger partial charge < -0.3 is 15.5 Å². The average Bonchev–Trinajstić information content (AvgIpc) is 2.37. The Balaban J connectivity index is 2.40. The highest BCUT2D eigenvalue weighted by Crippen LogP contribution is 2.05. The highest BCUT2D eigenvalue weighted by atomic mass is 16.2. The van der Waals surface area contributed by atoms with Crippen molar-refractivity contribution in [3.63, 3.8) is 0 Å². The van der Waals surface area contributed by atoms with Crippen LogP contribution in [0.3, 0.4) is 0 Å². The van der Waals surface area contributed by atoms with Crippen LogP contribution in [0.5, 0.6) is 0 Å². The lowest BCUT2D eigenvalue weighted by atomic mass is 10.3. The van der Waals surface area contributed by atoms with Crippen LogP contribution in [-0.2, 0) is 4.79 Å². The molecule has 1 aromatic rings. The number of nitrogens with zero attached hydrogens (tertiary/aromatic N) is 1. The molecule has 98 valence electrons. The first-order valence-corrected chi connectivity index (χ1v) is 5.97. The maximum atomic E-state index is 11.8. The van der Waals surface area contributed by atoms with Crippen molar-refractivity contribution in [2.75, 3.05) is 25.5 Å². The number of para-hydroxylation sites is 1. The molecule has 0 atom stereocenters.